The zero-order chi connectivity index (χ0) is 6.69. The van der Waals surface area contributed by atoms with E-state index in [0.29, 0.717) is 5.92 Å². The minimum atomic E-state index is -0.901. The summed E-state index contributed by atoms with van der Waals surface area (Å²) in [6, 6.07) is 0. The van der Waals surface area contributed by atoms with E-state index in [9.17, 15) is 9.90 Å². The zero-order valence-electron chi connectivity index (χ0n) is 5.43. The van der Waals surface area contributed by atoms with Gasteiger partial charge in [-0.25, -0.2) is 9.90 Å². The van der Waals surface area contributed by atoms with Crippen molar-refractivity contribution in [2.45, 2.75) is 32.1 Å². The molecule has 1 saturated carbocycles. The van der Waals surface area contributed by atoms with Crippen molar-refractivity contribution in [2.24, 2.45) is 5.92 Å². The molecule has 0 unspecified atom stereocenters. The third-order valence-electron chi connectivity index (χ3n) is 1.98. The highest BCUT2D eigenvalue weighted by molar-refractivity contribution is 5.66. The van der Waals surface area contributed by atoms with Gasteiger partial charge in [-0.05, 0) is 12.3 Å². The Labute approximate surface area is 54.9 Å². The molecule has 2 heteroatoms. The highest BCUT2D eigenvalue weighted by atomic mass is 16.4. The van der Waals surface area contributed by atoms with Crippen LogP contribution in [0, 0.1) is 5.92 Å². The average Bonchev–Trinajstić information content (AvgIpc) is 1.60. The van der Waals surface area contributed by atoms with Gasteiger partial charge in [-0.2, -0.15) is 0 Å². The molecular formula is C7H11O2. The van der Waals surface area contributed by atoms with E-state index in [4.69, 9.17) is 0 Å². The van der Waals surface area contributed by atoms with Crippen molar-refractivity contribution < 1.29 is 9.90 Å². The van der Waals surface area contributed by atoms with E-state index < -0.39 is 5.97 Å². The molecular weight excluding hydrogens is 116 g/mol. The maximum atomic E-state index is 9.93. The summed E-state index contributed by atoms with van der Waals surface area (Å²) < 4.78 is 0. The summed E-state index contributed by atoms with van der Waals surface area (Å²) in [7, 11) is 0. The smallest absolute Gasteiger partial charge is 0.247 e. The maximum absolute atomic E-state index is 9.93. The topological polar surface area (TPSA) is 37.0 Å². The summed E-state index contributed by atoms with van der Waals surface area (Å²) in [6.45, 7) is 0. The average molecular weight is 127 g/mol. The molecule has 0 aromatic carbocycles. The zero-order valence-corrected chi connectivity index (χ0v) is 5.43. The van der Waals surface area contributed by atoms with Gasteiger partial charge in [0.2, 0.25) is 0 Å². The maximum Gasteiger partial charge on any atom is 0.355 e. The largest absolute Gasteiger partial charge is 0.355 e. The molecule has 51 valence electrons. The first-order chi connectivity index (χ1) is 4.29. The van der Waals surface area contributed by atoms with Gasteiger partial charge in [-0.3, -0.25) is 0 Å². The lowest BCUT2D eigenvalue weighted by Gasteiger charge is -2.23. The molecule has 0 aromatic heterocycles. The highest BCUT2D eigenvalue weighted by Gasteiger charge is 2.18. The van der Waals surface area contributed by atoms with Crippen molar-refractivity contribution in [1.82, 2.24) is 0 Å². The van der Waals surface area contributed by atoms with Crippen molar-refractivity contribution in [3.8, 4) is 0 Å². The first-order valence-corrected chi connectivity index (χ1v) is 3.49. The van der Waals surface area contributed by atoms with Crippen LogP contribution >= 0.6 is 0 Å². The number of carbonyl (C=O) groups is 1. The van der Waals surface area contributed by atoms with Crippen LogP contribution in [0.4, 0.5) is 0 Å². The van der Waals surface area contributed by atoms with E-state index in [1.807, 2.05) is 0 Å². The molecule has 1 aliphatic rings. The molecule has 0 saturated heterocycles. The molecule has 1 fully saturated rings. The van der Waals surface area contributed by atoms with Gasteiger partial charge in [0.05, 0.1) is 6.42 Å². The standard InChI is InChI=1S/C7H11O2/c8-7(9)5-4-6-2-1-3-6/h6H,1-5H2. The first kappa shape index (κ1) is 6.59. The Morgan fingerprint density at radius 1 is 1.44 bits per heavy atom. The summed E-state index contributed by atoms with van der Waals surface area (Å²) in [4.78, 5) is 9.93. The molecule has 9 heavy (non-hydrogen) atoms. The van der Waals surface area contributed by atoms with Crippen molar-refractivity contribution in [2.75, 3.05) is 0 Å². The van der Waals surface area contributed by atoms with Crippen LogP contribution in [-0.2, 0) is 9.90 Å². The molecule has 0 heterocycles. The van der Waals surface area contributed by atoms with Crippen molar-refractivity contribution in [3.05, 3.63) is 0 Å². The van der Waals surface area contributed by atoms with E-state index in [-0.39, 0.29) is 6.42 Å². The predicted octanol–water partition coefficient (Wildman–Crippen LogP) is 1.52. The minimum absolute atomic E-state index is 0.255. The van der Waals surface area contributed by atoms with Crippen molar-refractivity contribution in [3.63, 3.8) is 0 Å². The van der Waals surface area contributed by atoms with Gasteiger partial charge < -0.3 is 0 Å². The lowest BCUT2D eigenvalue weighted by atomic mass is 9.82. The molecule has 0 atom stereocenters. The van der Waals surface area contributed by atoms with Crippen LogP contribution in [0.1, 0.15) is 32.1 Å². The molecule has 0 aliphatic heterocycles. The molecule has 0 spiro atoms. The Hall–Kier alpha value is -0.530. The van der Waals surface area contributed by atoms with Crippen LogP contribution in [0.15, 0.2) is 0 Å². The Bertz CT molecular complexity index is 105. The SMILES string of the molecule is [O]C(=O)CCC1CCC1. The van der Waals surface area contributed by atoms with Gasteiger partial charge in [0, 0.05) is 0 Å². The second kappa shape index (κ2) is 2.85. The fourth-order valence-corrected chi connectivity index (χ4v) is 1.10. The highest BCUT2D eigenvalue weighted by Crippen LogP contribution is 2.30. The predicted molar refractivity (Wildman–Crippen MR) is 32.3 cm³/mol. The number of hydrogen-bond donors (Lipinski definition) is 0. The number of carbonyl (C=O) groups excluding carboxylic acids is 1. The summed E-state index contributed by atoms with van der Waals surface area (Å²) in [5.74, 6) is -0.204. The molecule has 1 aliphatic carbocycles. The lowest BCUT2D eigenvalue weighted by molar-refractivity contribution is -0.143. The first-order valence-electron chi connectivity index (χ1n) is 3.49. The second-order valence-electron chi connectivity index (χ2n) is 2.71. The van der Waals surface area contributed by atoms with E-state index in [1.165, 1.54) is 19.3 Å². The van der Waals surface area contributed by atoms with Crippen molar-refractivity contribution in [1.29, 1.82) is 0 Å². The molecule has 0 amide bonds. The van der Waals surface area contributed by atoms with E-state index in [0.717, 1.165) is 6.42 Å². The lowest BCUT2D eigenvalue weighted by Crippen LogP contribution is -2.11. The van der Waals surface area contributed by atoms with Gasteiger partial charge in [0.25, 0.3) is 0 Å². The second-order valence-corrected chi connectivity index (χ2v) is 2.71. The summed E-state index contributed by atoms with van der Waals surface area (Å²) in [5.41, 5.74) is 0. The normalized spacial score (nSPS) is 19.1. The molecule has 0 N–H and O–H groups in total. The summed E-state index contributed by atoms with van der Waals surface area (Å²) in [6.07, 6.45) is 4.84. The summed E-state index contributed by atoms with van der Waals surface area (Å²) >= 11 is 0. The number of hydrogen-bond acceptors (Lipinski definition) is 1. The fourth-order valence-electron chi connectivity index (χ4n) is 1.10. The Balaban J connectivity index is 1.97. The third kappa shape index (κ3) is 2.04. The van der Waals surface area contributed by atoms with Crippen LogP contribution < -0.4 is 0 Å². The van der Waals surface area contributed by atoms with Crippen LogP contribution in [0.5, 0.6) is 0 Å². The van der Waals surface area contributed by atoms with Gasteiger partial charge in [-0.15, -0.1) is 0 Å². The summed E-state index contributed by atoms with van der Waals surface area (Å²) in [5, 5.41) is 9.93. The van der Waals surface area contributed by atoms with E-state index >= 15 is 0 Å². The van der Waals surface area contributed by atoms with Gasteiger partial charge in [0.15, 0.2) is 0 Å². The van der Waals surface area contributed by atoms with Gasteiger partial charge in [0.1, 0.15) is 0 Å². The van der Waals surface area contributed by atoms with E-state index in [1.54, 1.807) is 0 Å². The van der Waals surface area contributed by atoms with E-state index in [2.05, 4.69) is 0 Å². The van der Waals surface area contributed by atoms with Crippen LogP contribution in [-0.4, -0.2) is 5.97 Å². The minimum Gasteiger partial charge on any atom is -0.247 e. The Kier molecular flexibility index (Phi) is 2.09. The van der Waals surface area contributed by atoms with Crippen LogP contribution in [0.2, 0.25) is 0 Å². The quantitative estimate of drug-likeness (QED) is 0.566. The number of rotatable bonds is 3. The van der Waals surface area contributed by atoms with Crippen LogP contribution in [0.25, 0.3) is 0 Å². The molecule has 1 radical (unpaired) electrons. The van der Waals surface area contributed by atoms with Crippen LogP contribution in [0.3, 0.4) is 0 Å². The fraction of sp³-hybridized carbons (Fsp3) is 0.857. The van der Waals surface area contributed by atoms with Gasteiger partial charge in [-0.1, -0.05) is 19.3 Å². The van der Waals surface area contributed by atoms with Gasteiger partial charge >= 0.3 is 5.97 Å². The molecule has 0 bridgehead atoms. The molecule has 1 rings (SSSR count). The molecule has 0 aromatic rings. The monoisotopic (exact) mass is 127 g/mol. The third-order valence-corrected chi connectivity index (χ3v) is 1.98. The Morgan fingerprint density at radius 2 is 2.11 bits per heavy atom. The van der Waals surface area contributed by atoms with Crippen molar-refractivity contribution >= 4 is 5.97 Å². The Morgan fingerprint density at radius 3 is 2.44 bits per heavy atom. The molecule has 2 nitrogen and oxygen atoms in total.